The third-order valence-corrected chi connectivity index (χ3v) is 5.81. The van der Waals surface area contributed by atoms with E-state index in [1.165, 1.54) is 0 Å². The number of piperidine rings is 1. The van der Waals surface area contributed by atoms with E-state index in [1.54, 1.807) is 11.8 Å². The summed E-state index contributed by atoms with van der Waals surface area (Å²) in [6.07, 6.45) is 5.18. The number of rotatable bonds is 4. The van der Waals surface area contributed by atoms with Gasteiger partial charge in [0.05, 0.1) is 0 Å². The van der Waals surface area contributed by atoms with Crippen molar-refractivity contribution in [2.75, 3.05) is 26.7 Å². The van der Waals surface area contributed by atoms with Crippen molar-refractivity contribution in [1.29, 1.82) is 0 Å². The molecule has 2 heterocycles. The number of likely N-dealkylation sites (tertiary alicyclic amines) is 1. The Morgan fingerprint density at radius 3 is 2.50 bits per heavy atom. The highest BCUT2D eigenvalue weighted by molar-refractivity contribution is 6.09. The lowest BCUT2D eigenvalue weighted by Gasteiger charge is -2.35. The molecule has 3 fully saturated rings. The van der Waals surface area contributed by atoms with Crippen molar-refractivity contribution < 1.29 is 14.4 Å². The number of hydrogen-bond donors (Lipinski definition) is 2. The molecule has 1 spiro atoms. The third-order valence-electron chi connectivity index (χ3n) is 5.81. The summed E-state index contributed by atoms with van der Waals surface area (Å²) in [4.78, 5) is 40.8. The summed E-state index contributed by atoms with van der Waals surface area (Å²) >= 11 is 0. The molecule has 2 N–H and O–H groups in total. The van der Waals surface area contributed by atoms with Crippen LogP contribution in [0.25, 0.3) is 0 Å². The van der Waals surface area contributed by atoms with E-state index >= 15 is 0 Å². The minimum absolute atomic E-state index is 0.114. The Labute approximate surface area is 143 Å². The van der Waals surface area contributed by atoms with Crippen molar-refractivity contribution >= 4 is 17.8 Å². The monoisotopic (exact) mass is 336 g/mol. The molecule has 1 aliphatic carbocycles. The molecule has 0 aromatic rings. The van der Waals surface area contributed by atoms with Gasteiger partial charge >= 0.3 is 6.03 Å². The molecule has 3 aliphatic rings. The van der Waals surface area contributed by atoms with Crippen LogP contribution in [0, 0.1) is 5.92 Å². The normalized spacial score (nSPS) is 25.4. The fraction of sp³-hybridized carbons (Fsp3) is 0.824. The van der Waals surface area contributed by atoms with Crippen molar-refractivity contribution in [2.24, 2.45) is 5.92 Å². The molecule has 4 amide bonds. The molecule has 0 aromatic heterocycles. The van der Waals surface area contributed by atoms with Gasteiger partial charge in [0.25, 0.3) is 5.91 Å². The topological polar surface area (TPSA) is 81.8 Å². The van der Waals surface area contributed by atoms with E-state index in [2.05, 4.69) is 10.6 Å². The Morgan fingerprint density at radius 1 is 1.29 bits per heavy atom. The van der Waals surface area contributed by atoms with E-state index in [0.29, 0.717) is 31.8 Å². The van der Waals surface area contributed by atoms with Gasteiger partial charge in [-0.3, -0.25) is 9.59 Å². The quantitative estimate of drug-likeness (QED) is 0.741. The summed E-state index contributed by atoms with van der Waals surface area (Å²) in [7, 11) is 1.94. The molecule has 0 aromatic carbocycles. The summed E-state index contributed by atoms with van der Waals surface area (Å²) in [5.41, 5.74) is -0.745. The fourth-order valence-corrected chi connectivity index (χ4v) is 4.33. The maximum Gasteiger partial charge on any atom is 0.325 e. The SMILES string of the molecule is CNCC1CCN(C(=O)C(C)N2C(=O)NC3(CCCC3)C2=O)CC1. The van der Waals surface area contributed by atoms with Crippen molar-refractivity contribution in [3.05, 3.63) is 0 Å². The third kappa shape index (κ3) is 2.90. The van der Waals surface area contributed by atoms with Crippen LogP contribution in [-0.4, -0.2) is 65.9 Å². The summed E-state index contributed by atoms with van der Waals surface area (Å²) in [5, 5.41) is 6.03. The highest BCUT2D eigenvalue weighted by Gasteiger charge is 2.54. The molecule has 2 saturated heterocycles. The lowest BCUT2D eigenvalue weighted by Crippen LogP contribution is -2.52. The Morgan fingerprint density at radius 2 is 1.92 bits per heavy atom. The molecule has 24 heavy (non-hydrogen) atoms. The van der Waals surface area contributed by atoms with Crippen LogP contribution >= 0.6 is 0 Å². The van der Waals surface area contributed by atoms with Crippen molar-refractivity contribution in [3.63, 3.8) is 0 Å². The number of urea groups is 1. The molecule has 7 nitrogen and oxygen atoms in total. The Kier molecular flexibility index (Phi) is 4.80. The summed E-state index contributed by atoms with van der Waals surface area (Å²) in [6.45, 7) is 4.04. The van der Waals surface area contributed by atoms with Gasteiger partial charge in [0.15, 0.2) is 0 Å². The maximum absolute atomic E-state index is 12.8. The number of hydrogen-bond acceptors (Lipinski definition) is 4. The van der Waals surface area contributed by atoms with Gasteiger partial charge in [-0.25, -0.2) is 9.69 Å². The van der Waals surface area contributed by atoms with E-state index in [1.807, 2.05) is 7.05 Å². The molecular formula is C17H28N4O3. The highest BCUT2D eigenvalue weighted by Crippen LogP contribution is 2.36. The van der Waals surface area contributed by atoms with Crippen LogP contribution in [0.3, 0.4) is 0 Å². The first kappa shape index (κ1) is 17.2. The van der Waals surface area contributed by atoms with Gasteiger partial charge in [-0.2, -0.15) is 0 Å². The van der Waals surface area contributed by atoms with Gasteiger partial charge in [0.2, 0.25) is 5.91 Å². The lowest BCUT2D eigenvalue weighted by atomic mass is 9.96. The van der Waals surface area contributed by atoms with Crippen LogP contribution in [0.5, 0.6) is 0 Å². The first-order valence-corrected chi connectivity index (χ1v) is 9.08. The minimum Gasteiger partial charge on any atom is -0.341 e. The van der Waals surface area contributed by atoms with Crippen molar-refractivity contribution in [3.8, 4) is 0 Å². The van der Waals surface area contributed by atoms with Gasteiger partial charge in [-0.1, -0.05) is 12.8 Å². The molecule has 134 valence electrons. The standard InChI is InChI=1S/C17H28N4O3/c1-12(14(22)20-9-5-13(6-10-20)11-18-2)21-15(23)17(19-16(21)24)7-3-4-8-17/h12-13,18H,3-11H2,1-2H3,(H,19,24). The zero-order chi connectivity index (χ0) is 17.3. The largest absolute Gasteiger partial charge is 0.341 e. The second-order valence-corrected chi connectivity index (χ2v) is 7.40. The number of carbonyl (C=O) groups is 3. The molecule has 0 radical (unpaired) electrons. The maximum atomic E-state index is 12.8. The van der Waals surface area contributed by atoms with E-state index in [0.717, 1.165) is 37.1 Å². The number of amides is 4. The fourth-order valence-electron chi connectivity index (χ4n) is 4.33. The van der Waals surface area contributed by atoms with Crippen LogP contribution in [0.4, 0.5) is 4.79 Å². The summed E-state index contributed by atoms with van der Waals surface area (Å²) < 4.78 is 0. The van der Waals surface area contributed by atoms with Crippen molar-refractivity contribution in [1.82, 2.24) is 20.4 Å². The molecule has 1 unspecified atom stereocenters. The zero-order valence-electron chi connectivity index (χ0n) is 14.6. The molecule has 2 aliphatic heterocycles. The second-order valence-electron chi connectivity index (χ2n) is 7.40. The first-order valence-electron chi connectivity index (χ1n) is 9.08. The average molecular weight is 336 g/mol. The molecule has 1 saturated carbocycles. The predicted molar refractivity (Wildman–Crippen MR) is 89.3 cm³/mol. The molecule has 3 rings (SSSR count). The summed E-state index contributed by atoms with van der Waals surface area (Å²) in [6, 6.07) is -1.13. The van der Waals surface area contributed by atoms with E-state index < -0.39 is 17.6 Å². The highest BCUT2D eigenvalue weighted by atomic mass is 16.2. The molecule has 1 atom stereocenters. The van der Waals surface area contributed by atoms with Crippen LogP contribution < -0.4 is 10.6 Å². The van der Waals surface area contributed by atoms with E-state index in [9.17, 15) is 14.4 Å². The molecule has 0 bridgehead atoms. The predicted octanol–water partition coefficient (Wildman–Crippen LogP) is 0.698. The minimum atomic E-state index is -0.745. The lowest BCUT2D eigenvalue weighted by molar-refractivity contribution is -0.143. The van der Waals surface area contributed by atoms with Crippen LogP contribution in [0.1, 0.15) is 45.4 Å². The molecular weight excluding hydrogens is 308 g/mol. The second kappa shape index (κ2) is 6.70. The average Bonchev–Trinajstić information content (AvgIpc) is 3.13. The molecule has 7 heteroatoms. The number of nitrogens with one attached hydrogen (secondary N) is 2. The Bertz CT molecular complexity index is 522. The van der Waals surface area contributed by atoms with Crippen LogP contribution in [-0.2, 0) is 9.59 Å². The van der Waals surface area contributed by atoms with E-state index in [-0.39, 0.29) is 11.8 Å². The van der Waals surface area contributed by atoms with Crippen molar-refractivity contribution in [2.45, 2.75) is 57.0 Å². The van der Waals surface area contributed by atoms with Gasteiger partial charge in [0, 0.05) is 13.1 Å². The van der Waals surface area contributed by atoms with Gasteiger partial charge in [-0.15, -0.1) is 0 Å². The first-order chi connectivity index (χ1) is 11.5. The van der Waals surface area contributed by atoms with Crippen LogP contribution in [0.15, 0.2) is 0 Å². The smallest absolute Gasteiger partial charge is 0.325 e. The van der Waals surface area contributed by atoms with E-state index in [4.69, 9.17) is 0 Å². The Balaban J connectivity index is 1.64. The Hall–Kier alpha value is -1.63. The number of imide groups is 1. The zero-order valence-corrected chi connectivity index (χ0v) is 14.6. The number of nitrogens with zero attached hydrogens (tertiary/aromatic N) is 2. The van der Waals surface area contributed by atoms with Gasteiger partial charge in [0.1, 0.15) is 11.6 Å². The van der Waals surface area contributed by atoms with Gasteiger partial charge in [-0.05, 0) is 52.1 Å². The number of carbonyl (C=O) groups excluding carboxylic acids is 3. The van der Waals surface area contributed by atoms with Crippen LogP contribution in [0.2, 0.25) is 0 Å². The summed E-state index contributed by atoms with van der Waals surface area (Å²) in [5.74, 6) is 0.264. The van der Waals surface area contributed by atoms with Gasteiger partial charge < -0.3 is 15.5 Å².